The van der Waals surface area contributed by atoms with Gasteiger partial charge in [-0.05, 0) is 44.0 Å². The Kier molecular flexibility index (Phi) is 11.8. The first-order valence-corrected chi connectivity index (χ1v) is 9.89. The van der Waals surface area contributed by atoms with Crippen LogP contribution in [0.5, 0.6) is 11.5 Å². The molecule has 0 aliphatic heterocycles. The molecule has 0 heterocycles. The van der Waals surface area contributed by atoms with Crippen LogP contribution in [0.1, 0.15) is 71.3 Å². The summed E-state index contributed by atoms with van der Waals surface area (Å²) in [7, 11) is 0. The number of unbranched alkanes of at least 4 members (excludes halogenated alkanes) is 5. The van der Waals surface area contributed by atoms with Gasteiger partial charge in [0.05, 0.1) is 18.2 Å². The Hall–Kier alpha value is -0.930. The molecule has 0 bridgehead atoms. The summed E-state index contributed by atoms with van der Waals surface area (Å²) in [5.74, 6) is 1.41. The largest absolute Gasteiger partial charge is 0.490 e. The van der Waals surface area contributed by atoms with Crippen LogP contribution in [0, 0.1) is 0 Å². The fraction of sp³-hybridized carbons (Fsp3) is 0.700. The van der Waals surface area contributed by atoms with Crippen molar-refractivity contribution >= 4 is 11.6 Å². The van der Waals surface area contributed by atoms with Gasteiger partial charge < -0.3 is 14.8 Å². The maximum atomic E-state index is 6.38. The molecule has 1 aromatic carbocycles. The van der Waals surface area contributed by atoms with Crippen LogP contribution in [0.3, 0.4) is 0 Å². The fourth-order valence-corrected chi connectivity index (χ4v) is 2.88. The van der Waals surface area contributed by atoms with Crippen molar-refractivity contribution in [3.05, 3.63) is 22.7 Å². The summed E-state index contributed by atoms with van der Waals surface area (Å²) in [4.78, 5) is 0. The van der Waals surface area contributed by atoms with Gasteiger partial charge in [0.25, 0.3) is 0 Å². The number of halogens is 1. The molecular formula is C20H34ClNO2. The predicted octanol–water partition coefficient (Wildman–Crippen LogP) is 5.98. The lowest BCUT2D eigenvalue weighted by Gasteiger charge is -2.15. The summed E-state index contributed by atoms with van der Waals surface area (Å²) in [5, 5.41) is 4.13. The molecule has 1 N–H and O–H groups in total. The van der Waals surface area contributed by atoms with Gasteiger partial charge in [0, 0.05) is 6.54 Å². The maximum absolute atomic E-state index is 6.38. The number of nitrogens with one attached hydrogen (secondary N) is 1. The van der Waals surface area contributed by atoms with Gasteiger partial charge in [-0.15, -0.1) is 0 Å². The van der Waals surface area contributed by atoms with E-state index in [1.807, 2.05) is 19.1 Å². The van der Waals surface area contributed by atoms with E-state index in [4.69, 9.17) is 21.1 Å². The molecule has 138 valence electrons. The van der Waals surface area contributed by atoms with Crippen LogP contribution in [0.4, 0.5) is 0 Å². The van der Waals surface area contributed by atoms with Crippen LogP contribution in [0.15, 0.2) is 12.1 Å². The van der Waals surface area contributed by atoms with E-state index in [9.17, 15) is 0 Å². The Balaban J connectivity index is 2.44. The highest BCUT2D eigenvalue weighted by molar-refractivity contribution is 6.32. The zero-order chi connectivity index (χ0) is 17.6. The fourth-order valence-electron chi connectivity index (χ4n) is 2.59. The molecule has 0 unspecified atom stereocenters. The van der Waals surface area contributed by atoms with Gasteiger partial charge in [-0.1, -0.05) is 57.6 Å². The van der Waals surface area contributed by atoms with E-state index < -0.39 is 0 Å². The number of hydrogen-bond acceptors (Lipinski definition) is 3. The van der Waals surface area contributed by atoms with E-state index in [1.165, 1.54) is 38.5 Å². The van der Waals surface area contributed by atoms with Crippen molar-refractivity contribution in [2.75, 3.05) is 19.8 Å². The predicted molar refractivity (Wildman–Crippen MR) is 103 cm³/mol. The molecule has 3 nitrogen and oxygen atoms in total. The number of rotatable bonds is 14. The van der Waals surface area contributed by atoms with Crippen molar-refractivity contribution in [3.63, 3.8) is 0 Å². The first-order valence-electron chi connectivity index (χ1n) is 9.51. The van der Waals surface area contributed by atoms with Gasteiger partial charge in [-0.2, -0.15) is 0 Å². The number of hydrogen-bond donors (Lipinski definition) is 1. The highest BCUT2D eigenvalue weighted by Gasteiger charge is 2.12. The molecule has 1 aromatic rings. The standard InChI is InChI=1S/C20H34ClNO2/c1-4-7-8-9-10-11-12-22-16-17-14-18(21)20(24-13-5-2)19(15-17)23-6-3/h14-15,22H,4-13,16H2,1-3H3. The summed E-state index contributed by atoms with van der Waals surface area (Å²) < 4.78 is 11.4. The van der Waals surface area contributed by atoms with E-state index >= 15 is 0 Å². The zero-order valence-electron chi connectivity index (χ0n) is 15.6. The molecule has 0 spiro atoms. The molecule has 0 fully saturated rings. The Morgan fingerprint density at radius 1 is 0.917 bits per heavy atom. The average molecular weight is 356 g/mol. The molecule has 0 atom stereocenters. The van der Waals surface area contributed by atoms with Crippen LogP contribution in [0.25, 0.3) is 0 Å². The van der Waals surface area contributed by atoms with Crippen LogP contribution >= 0.6 is 11.6 Å². The van der Waals surface area contributed by atoms with Crippen LogP contribution in [0.2, 0.25) is 5.02 Å². The Labute approximate surface area is 153 Å². The van der Waals surface area contributed by atoms with Gasteiger partial charge in [0.2, 0.25) is 0 Å². The molecule has 0 aliphatic rings. The van der Waals surface area contributed by atoms with Crippen molar-refractivity contribution in [1.82, 2.24) is 5.32 Å². The topological polar surface area (TPSA) is 30.5 Å². The first kappa shape index (κ1) is 21.1. The van der Waals surface area contributed by atoms with Crippen molar-refractivity contribution in [2.24, 2.45) is 0 Å². The van der Waals surface area contributed by atoms with Crippen LogP contribution < -0.4 is 14.8 Å². The van der Waals surface area contributed by atoms with Gasteiger partial charge >= 0.3 is 0 Å². The number of benzene rings is 1. The third-order valence-corrected chi connectivity index (χ3v) is 4.14. The second-order valence-electron chi connectivity index (χ2n) is 6.13. The summed E-state index contributed by atoms with van der Waals surface area (Å²) >= 11 is 6.38. The molecule has 0 amide bonds. The average Bonchev–Trinajstić information content (AvgIpc) is 2.57. The Morgan fingerprint density at radius 3 is 2.38 bits per heavy atom. The first-order chi connectivity index (χ1) is 11.7. The summed E-state index contributed by atoms with van der Waals surface area (Å²) in [5.41, 5.74) is 1.14. The lowest BCUT2D eigenvalue weighted by molar-refractivity contribution is 0.277. The lowest BCUT2D eigenvalue weighted by atomic mass is 10.1. The van der Waals surface area contributed by atoms with E-state index in [0.29, 0.717) is 24.0 Å². The quantitative estimate of drug-likeness (QED) is 0.416. The normalized spacial score (nSPS) is 10.8. The highest BCUT2D eigenvalue weighted by Crippen LogP contribution is 2.36. The Morgan fingerprint density at radius 2 is 1.67 bits per heavy atom. The van der Waals surface area contributed by atoms with Crippen molar-refractivity contribution in [3.8, 4) is 11.5 Å². The molecule has 0 aliphatic carbocycles. The minimum absolute atomic E-state index is 0.605. The third kappa shape index (κ3) is 8.25. The van der Waals surface area contributed by atoms with Gasteiger partial charge in [-0.3, -0.25) is 0 Å². The molecule has 0 radical (unpaired) electrons. The van der Waals surface area contributed by atoms with Crippen LogP contribution in [-0.4, -0.2) is 19.8 Å². The van der Waals surface area contributed by atoms with E-state index in [1.54, 1.807) is 0 Å². The van der Waals surface area contributed by atoms with E-state index in [2.05, 4.69) is 19.2 Å². The molecule has 0 saturated heterocycles. The lowest BCUT2D eigenvalue weighted by Crippen LogP contribution is -2.15. The SMILES string of the molecule is CCCCCCCCNCc1cc(Cl)c(OCCC)c(OCC)c1. The molecular weight excluding hydrogens is 322 g/mol. The molecule has 24 heavy (non-hydrogen) atoms. The van der Waals surface area contributed by atoms with Crippen molar-refractivity contribution < 1.29 is 9.47 Å². The molecule has 0 saturated carbocycles. The summed E-state index contributed by atoms with van der Waals surface area (Å²) in [6.07, 6.45) is 8.86. The second-order valence-corrected chi connectivity index (χ2v) is 6.54. The zero-order valence-corrected chi connectivity index (χ0v) is 16.4. The minimum atomic E-state index is 0.605. The highest BCUT2D eigenvalue weighted by atomic mass is 35.5. The van der Waals surface area contributed by atoms with E-state index in [-0.39, 0.29) is 0 Å². The Bertz CT molecular complexity index is 452. The van der Waals surface area contributed by atoms with Crippen molar-refractivity contribution in [2.45, 2.75) is 72.3 Å². The molecule has 4 heteroatoms. The smallest absolute Gasteiger partial charge is 0.179 e. The van der Waals surface area contributed by atoms with Gasteiger partial charge in [0.1, 0.15) is 0 Å². The van der Waals surface area contributed by atoms with Gasteiger partial charge in [0.15, 0.2) is 11.5 Å². The summed E-state index contributed by atoms with van der Waals surface area (Å²) in [6, 6.07) is 4.01. The van der Waals surface area contributed by atoms with E-state index in [0.717, 1.165) is 30.8 Å². The van der Waals surface area contributed by atoms with Gasteiger partial charge in [-0.25, -0.2) is 0 Å². The van der Waals surface area contributed by atoms with Crippen LogP contribution in [-0.2, 0) is 6.54 Å². The molecule has 1 rings (SSSR count). The van der Waals surface area contributed by atoms with Crippen molar-refractivity contribution in [1.29, 1.82) is 0 Å². The maximum Gasteiger partial charge on any atom is 0.179 e. The molecule has 0 aromatic heterocycles. The second kappa shape index (κ2) is 13.4. The third-order valence-electron chi connectivity index (χ3n) is 3.86. The monoisotopic (exact) mass is 355 g/mol. The minimum Gasteiger partial charge on any atom is -0.490 e. The number of ether oxygens (including phenoxy) is 2. The summed E-state index contributed by atoms with van der Waals surface area (Å²) in [6.45, 7) is 9.41.